The van der Waals surface area contributed by atoms with E-state index in [1.54, 1.807) is 11.0 Å². The van der Waals surface area contributed by atoms with Gasteiger partial charge in [0.1, 0.15) is 18.1 Å². The van der Waals surface area contributed by atoms with E-state index in [4.69, 9.17) is 4.74 Å². The molecule has 2 aromatic rings. The summed E-state index contributed by atoms with van der Waals surface area (Å²) in [4.78, 5) is 43.0. The highest BCUT2D eigenvalue weighted by atomic mass is 32.1. The molecule has 2 N–H and O–H groups in total. The summed E-state index contributed by atoms with van der Waals surface area (Å²) in [5.74, 6) is 0.951. The van der Waals surface area contributed by atoms with Crippen molar-refractivity contribution >= 4 is 40.4 Å². The Labute approximate surface area is 217 Å². The van der Waals surface area contributed by atoms with E-state index in [0.717, 1.165) is 32.1 Å². The number of nitrogens with zero attached hydrogens (tertiary/aromatic N) is 6. The Morgan fingerprint density at radius 2 is 2.11 bits per heavy atom. The van der Waals surface area contributed by atoms with Gasteiger partial charge in [-0.2, -0.15) is 9.37 Å². The number of nitrogens with one attached hydrogen (secondary N) is 2. The van der Waals surface area contributed by atoms with E-state index in [0.29, 0.717) is 35.8 Å². The third kappa shape index (κ3) is 5.59. The number of hydrogen-bond acceptors (Lipinski definition) is 9. The standard InChI is InChI=1S/C23H30F2N8O3S/c1-3-32-11-13-8-14(32)9-17(13)36-23(35)29-19-4-6-26-20(28-19)33-7-5-15(24)16(12-33)31(2)22(34)30-21-27-10-18(25)37-21/h4,6,10,13-17H,3,5,7-9,11-12H2,1-2H3,(H,27,30,34)(H,26,28,29,35)/t13-,14-,15+,16-,17+/m0/s1. The maximum absolute atomic E-state index is 14.8. The van der Waals surface area contributed by atoms with Gasteiger partial charge in [0.15, 0.2) is 10.3 Å². The van der Waals surface area contributed by atoms with E-state index >= 15 is 0 Å². The number of piperidine rings is 2. The third-order valence-corrected chi connectivity index (χ3v) is 8.12. The number of likely N-dealkylation sites (tertiary alicyclic amines) is 1. The predicted molar refractivity (Wildman–Crippen MR) is 134 cm³/mol. The van der Waals surface area contributed by atoms with Gasteiger partial charge in [-0.15, -0.1) is 0 Å². The van der Waals surface area contributed by atoms with E-state index < -0.39 is 29.5 Å². The monoisotopic (exact) mass is 536 g/mol. The van der Waals surface area contributed by atoms with Crippen LogP contribution >= 0.6 is 11.3 Å². The number of ether oxygens (including phenoxy) is 1. The summed E-state index contributed by atoms with van der Waals surface area (Å²) in [6.45, 7) is 4.60. The number of likely N-dealkylation sites (N-methyl/N-ethyl adjacent to an activating group) is 1. The Morgan fingerprint density at radius 3 is 2.81 bits per heavy atom. The lowest BCUT2D eigenvalue weighted by atomic mass is 10.0. The van der Waals surface area contributed by atoms with Crippen molar-refractivity contribution in [3.63, 3.8) is 0 Å². The molecule has 5 rings (SSSR count). The molecule has 5 atom stereocenters. The van der Waals surface area contributed by atoms with Gasteiger partial charge in [0.2, 0.25) is 5.95 Å². The van der Waals surface area contributed by atoms with Gasteiger partial charge < -0.3 is 19.4 Å². The van der Waals surface area contributed by atoms with E-state index in [-0.39, 0.29) is 30.0 Å². The number of hydrogen-bond donors (Lipinski definition) is 2. The Kier molecular flexibility index (Phi) is 7.38. The summed E-state index contributed by atoms with van der Waals surface area (Å²) >= 11 is 0.692. The first-order valence-corrected chi connectivity index (χ1v) is 13.2. The number of rotatable bonds is 6. The van der Waals surface area contributed by atoms with Gasteiger partial charge in [0, 0.05) is 51.3 Å². The van der Waals surface area contributed by atoms with Crippen molar-refractivity contribution in [2.45, 2.75) is 50.5 Å². The molecule has 0 aromatic carbocycles. The topological polar surface area (TPSA) is 116 Å². The second kappa shape index (κ2) is 10.7. The Bertz CT molecular complexity index is 1140. The highest BCUT2D eigenvalue weighted by Crippen LogP contribution is 2.39. The van der Waals surface area contributed by atoms with Crippen LogP contribution in [-0.2, 0) is 4.74 Å². The average Bonchev–Trinajstić information content (AvgIpc) is 3.59. The normalized spacial score (nSPS) is 27.2. The summed E-state index contributed by atoms with van der Waals surface area (Å²) in [5.41, 5.74) is 0. The van der Waals surface area contributed by atoms with Gasteiger partial charge in [-0.1, -0.05) is 18.3 Å². The first-order valence-electron chi connectivity index (χ1n) is 12.4. The number of anilines is 3. The maximum atomic E-state index is 14.8. The van der Waals surface area contributed by atoms with Crippen molar-refractivity contribution in [2.75, 3.05) is 48.8 Å². The molecule has 1 saturated carbocycles. The highest BCUT2D eigenvalue weighted by Gasteiger charge is 2.45. The van der Waals surface area contributed by atoms with Crippen molar-refractivity contribution < 1.29 is 23.1 Å². The van der Waals surface area contributed by atoms with Crippen LogP contribution < -0.4 is 15.5 Å². The molecule has 0 unspecified atom stereocenters. The number of aromatic nitrogens is 3. The number of thiazole rings is 1. The highest BCUT2D eigenvalue weighted by molar-refractivity contribution is 7.14. The predicted octanol–water partition coefficient (Wildman–Crippen LogP) is 3.18. The van der Waals surface area contributed by atoms with Gasteiger partial charge in [-0.25, -0.2) is 23.9 Å². The van der Waals surface area contributed by atoms with Crippen molar-refractivity contribution in [1.82, 2.24) is 24.8 Å². The van der Waals surface area contributed by atoms with Gasteiger partial charge >= 0.3 is 12.1 Å². The van der Waals surface area contributed by atoms with Crippen LogP contribution in [0.4, 0.5) is 35.3 Å². The fourth-order valence-corrected chi connectivity index (χ4v) is 6.00. The molecule has 0 spiro atoms. The average molecular weight is 537 g/mol. The second-order valence-corrected chi connectivity index (χ2v) is 10.6. The van der Waals surface area contributed by atoms with E-state index in [1.165, 1.54) is 18.1 Å². The van der Waals surface area contributed by atoms with Crippen LogP contribution in [0.15, 0.2) is 18.5 Å². The quantitative estimate of drug-likeness (QED) is 0.579. The van der Waals surface area contributed by atoms with Crippen molar-refractivity contribution in [1.29, 1.82) is 0 Å². The van der Waals surface area contributed by atoms with Crippen LogP contribution in [0.25, 0.3) is 0 Å². The lowest BCUT2D eigenvalue weighted by Crippen LogP contribution is -2.55. The summed E-state index contributed by atoms with van der Waals surface area (Å²) < 4.78 is 33.7. The number of carbonyl (C=O) groups is 2. The summed E-state index contributed by atoms with van der Waals surface area (Å²) in [7, 11) is 1.48. The smallest absolute Gasteiger partial charge is 0.413 e. The fraction of sp³-hybridized carbons (Fsp3) is 0.609. The lowest BCUT2D eigenvalue weighted by molar-refractivity contribution is 0.0535. The number of alkyl halides is 1. The van der Waals surface area contributed by atoms with Crippen LogP contribution in [0, 0.1) is 11.0 Å². The summed E-state index contributed by atoms with van der Waals surface area (Å²) in [5, 5.41) is 4.74. The first kappa shape index (κ1) is 25.5. The molecule has 37 heavy (non-hydrogen) atoms. The van der Waals surface area contributed by atoms with Crippen LogP contribution in [0.2, 0.25) is 0 Å². The van der Waals surface area contributed by atoms with Crippen molar-refractivity contribution in [2.24, 2.45) is 5.92 Å². The third-order valence-electron chi connectivity index (χ3n) is 7.42. The summed E-state index contributed by atoms with van der Waals surface area (Å²) in [6.07, 6.45) is 2.67. The minimum absolute atomic E-state index is 0.0963. The molecule has 2 bridgehead atoms. The fourth-order valence-electron chi connectivity index (χ4n) is 5.46. The van der Waals surface area contributed by atoms with Gasteiger partial charge in [0.05, 0.1) is 12.2 Å². The number of fused-ring (bicyclic) bond motifs is 2. The zero-order chi connectivity index (χ0) is 26.1. The van der Waals surface area contributed by atoms with Gasteiger partial charge in [-0.05, 0) is 25.5 Å². The molecule has 1 aliphatic carbocycles. The van der Waals surface area contributed by atoms with Crippen LogP contribution in [0.1, 0.15) is 26.2 Å². The zero-order valence-corrected chi connectivity index (χ0v) is 21.5. The Morgan fingerprint density at radius 1 is 1.27 bits per heavy atom. The van der Waals surface area contributed by atoms with Crippen LogP contribution in [-0.4, -0.2) is 94.5 Å². The van der Waals surface area contributed by atoms with Crippen molar-refractivity contribution in [3.05, 3.63) is 23.6 Å². The molecule has 2 saturated heterocycles. The SMILES string of the molecule is CCN1C[C@@H]2C[C@H]1C[C@H]2OC(=O)Nc1ccnc(N2CC[C@@H](F)[C@@H](N(C)C(=O)Nc3ncc(F)s3)C2)n1. The van der Waals surface area contributed by atoms with Gasteiger partial charge in [0.25, 0.3) is 0 Å². The second-order valence-electron chi connectivity index (χ2n) is 9.61. The van der Waals surface area contributed by atoms with E-state index in [2.05, 4.69) is 37.4 Å². The molecule has 3 fully saturated rings. The molecule has 14 heteroatoms. The number of carbonyl (C=O) groups excluding carboxylic acids is 2. The molecule has 2 aromatic heterocycles. The molecule has 0 radical (unpaired) electrons. The molecule has 11 nitrogen and oxygen atoms in total. The Hall–Kier alpha value is -3.13. The minimum Gasteiger partial charge on any atom is -0.446 e. The lowest BCUT2D eigenvalue weighted by Gasteiger charge is -2.39. The Balaban J connectivity index is 1.18. The van der Waals surface area contributed by atoms with E-state index in [1.807, 2.05) is 0 Å². The maximum Gasteiger partial charge on any atom is 0.413 e. The minimum atomic E-state index is -1.26. The van der Waals surface area contributed by atoms with E-state index in [9.17, 15) is 18.4 Å². The van der Waals surface area contributed by atoms with Crippen LogP contribution in [0.5, 0.6) is 0 Å². The molecule has 3 aliphatic rings. The molecule has 3 amide bonds. The molecule has 2 aliphatic heterocycles. The van der Waals surface area contributed by atoms with Crippen LogP contribution in [0.3, 0.4) is 0 Å². The van der Waals surface area contributed by atoms with Crippen molar-refractivity contribution in [3.8, 4) is 0 Å². The molecular weight excluding hydrogens is 506 g/mol. The van der Waals surface area contributed by atoms with Gasteiger partial charge in [-0.3, -0.25) is 10.6 Å². The number of amides is 3. The summed E-state index contributed by atoms with van der Waals surface area (Å²) in [6, 6.07) is 0.666. The molecule has 4 heterocycles. The molecular formula is C23H30F2N8O3S. The largest absolute Gasteiger partial charge is 0.446 e. The zero-order valence-electron chi connectivity index (χ0n) is 20.6. The number of halogens is 2. The first-order chi connectivity index (χ1) is 17.8. The molecule has 200 valence electrons. The number of urea groups is 1.